The molecule has 3 heteroatoms. The van der Waals surface area contributed by atoms with Crippen LogP contribution in [0.25, 0.3) is 0 Å². The third kappa shape index (κ3) is 3.04. The van der Waals surface area contributed by atoms with E-state index in [1.165, 1.54) is 32.1 Å². The molecule has 4 aliphatic carbocycles. The van der Waals surface area contributed by atoms with Gasteiger partial charge in [0, 0.05) is 11.9 Å². The summed E-state index contributed by atoms with van der Waals surface area (Å²) in [5.74, 6) is 2.66. The molecule has 120 valence electrons. The van der Waals surface area contributed by atoms with Crippen LogP contribution in [0.4, 0.5) is 0 Å². The lowest BCUT2D eigenvalue weighted by Gasteiger charge is -2.60. The third-order valence-corrected chi connectivity index (χ3v) is 6.94. The Morgan fingerprint density at radius 3 is 2.48 bits per heavy atom. The maximum Gasteiger partial charge on any atom is 0.226 e. The standard InChI is InChI=1S/C18H30BrNO/c1-3-13(4-5-19)11-20-16(21)18-9-14-6-15(10-18)8-17(2,7-14)12-18/h13-15H,3-12H2,1-2H3,(H,20,21). The molecule has 4 bridgehead atoms. The first kappa shape index (κ1) is 15.8. The smallest absolute Gasteiger partial charge is 0.226 e. The van der Waals surface area contributed by atoms with Crippen molar-refractivity contribution in [2.75, 3.05) is 11.9 Å². The van der Waals surface area contributed by atoms with Gasteiger partial charge in [-0.1, -0.05) is 36.2 Å². The zero-order valence-electron chi connectivity index (χ0n) is 13.6. The van der Waals surface area contributed by atoms with Crippen molar-refractivity contribution in [3.63, 3.8) is 0 Å². The lowest BCUT2D eigenvalue weighted by atomic mass is 9.44. The molecule has 4 rings (SSSR count). The monoisotopic (exact) mass is 355 g/mol. The van der Waals surface area contributed by atoms with Gasteiger partial charge in [0.2, 0.25) is 5.91 Å². The van der Waals surface area contributed by atoms with Gasteiger partial charge in [-0.15, -0.1) is 0 Å². The van der Waals surface area contributed by atoms with Crippen molar-refractivity contribution in [2.24, 2.45) is 28.6 Å². The average molecular weight is 356 g/mol. The van der Waals surface area contributed by atoms with Crippen LogP contribution in [0.5, 0.6) is 0 Å². The molecule has 0 aromatic carbocycles. The van der Waals surface area contributed by atoms with Gasteiger partial charge in [0.25, 0.3) is 0 Å². The van der Waals surface area contributed by atoms with Crippen LogP contribution >= 0.6 is 15.9 Å². The van der Waals surface area contributed by atoms with Crippen LogP contribution in [0.3, 0.4) is 0 Å². The molecule has 2 nitrogen and oxygen atoms in total. The first-order valence-corrected chi connectivity index (χ1v) is 9.95. The van der Waals surface area contributed by atoms with Gasteiger partial charge < -0.3 is 5.32 Å². The molecular formula is C18H30BrNO. The second-order valence-electron chi connectivity index (χ2n) is 8.51. The number of nitrogens with one attached hydrogen (secondary N) is 1. The molecular weight excluding hydrogens is 326 g/mol. The van der Waals surface area contributed by atoms with E-state index in [1.807, 2.05) is 0 Å². The zero-order chi connectivity index (χ0) is 15.1. The Hall–Kier alpha value is -0.0500. The van der Waals surface area contributed by atoms with Gasteiger partial charge in [0.1, 0.15) is 0 Å². The summed E-state index contributed by atoms with van der Waals surface area (Å²) >= 11 is 3.52. The van der Waals surface area contributed by atoms with Gasteiger partial charge in [0.15, 0.2) is 0 Å². The van der Waals surface area contributed by atoms with E-state index >= 15 is 0 Å². The maximum absolute atomic E-state index is 12.9. The van der Waals surface area contributed by atoms with Gasteiger partial charge in [-0.05, 0) is 68.1 Å². The fraction of sp³-hybridized carbons (Fsp3) is 0.944. The number of rotatable bonds is 6. The van der Waals surface area contributed by atoms with Gasteiger partial charge in [-0.2, -0.15) is 0 Å². The molecule has 1 N–H and O–H groups in total. The Kier molecular flexibility index (Phi) is 4.42. The lowest BCUT2D eigenvalue weighted by Crippen LogP contribution is -2.57. The Bertz CT molecular complexity index is 394. The van der Waals surface area contributed by atoms with E-state index in [0.717, 1.165) is 43.0 Å². The van der Waals surface area contributed by atoms with Crippen molar-refractivity contribution >= 4 is 21.8 Å². The van der Waals surface area contributed by atoms with Crippen molar-refractivity contribution in [3.8, 4) is 0 Å². The quantitative estimate of drug-likeness (QED) is 0.697. The van der Waals surface area contributed by atoms with E-state index in [9.17, 15) is 4.79 Å². The second-order valence-corrected chi connectivity index (χ2v) is 9.31. The molecule has 0 radical (unpaired) electrons. The zero-order valence-corrected chi connectivity index (χ0v) is 15.2. The first-order chi connectivity index (χ1) is 9.98. The predicted octanol–water partition coefficient (Wildman–Crippen LogP) is 4.52. The summed E-state index contributed by atoms with van der Waals surface area (Å²) < 4.78 is 0. The Morgan fingerprint density at radius 2 is 1.95 bits per heavy atom. The number of carbonyl (C=O) groups excluding carboxylic acids is 1. The Balaban J connectivity index is 1.64. The van der Waals surface area contributed by atoms with Crippen LogP contribution in [-0.2, 0) is 4.79 Å². The van der Waals surface area contributed by atoms with Crippen LogP contribution in [0, 0.1) is 28.6 Å². The van der Waals surface area contributed by atoms with Crippen molar-refractivity contribution in [1.82, 2.24) is 5.32 Å². The number of hydrogen-bond donors (Lipinski definition) is 1. The summed E-state index contributed by atoms with van der Waals surface area (Å²) in [5, 5.41) is 4.37. The Morgan fingerprint density at radius 1 is 1.29 bits per heavy atom. The number of hydrogen-bond acceptors (Lipinski definition) is 1. The number of alkyl halides is 1. The summed E-state index contributed by atoms with van der Waals surface area (Å²) in [4.78, 5) is 12.9. The molecule has 0 heterocycles. The normalized spacial score (nSPS) is 42.0. The van der Waals surface area contributed by atoms with Crippen LogP contribution in [-0.4, -0.2) is 17.8 Å². The molecule has 0 saturated heterocycles. The number of halogens is 1. The topological polar surface area (TPSA) is 29.1 Å². The molecule has 21 heavy (non-hydrogen) atoms. The molecule has 3 unspecified atom stereocenters. The van der Waals surface area contributed by atoms with Crippen molar-refractivity contribution in [2.45, 2.75) is 65.2 Å². The molecule has 4 aliphatic rings. The highest BCUT2D eigenvalue weighted by Gasteiger charge is 2.58. The lowest BCUT2D eigenvalue weighted by molar-refractivity contribution is -0.155. The van der Waals surface area contributed by atoms with E-state index in [0.29, 0.717) is 17.2 Å². The fourth-order valence-corrected chi connectivity index (χ4v) is 6.66. The highest BCUT2D eigenvalue weighted by Crippen LogP contribution is 2.65. The van der Waals surface area contributed by atoms with Gasteiger partial charge in [0.05, 0.1) is 5.41 Å². The van der Waals surface area contributed by atoms with Gasteiger partial charge in [-0.3, -0.25) is 4.79 Å². The average Bonchev–Trinajstić information content (AvgIpc) is 2.40. The molecule has 1 amide bonds. The highest BCUT2D eigenvalue weighted by atomic mass is 79.9. The van der Waals surface area contributed by atoms with Gasteiger partial charge >= 0.3 is 0 Å². The minimum atomic E-state index is -0.00841. The van der Waals surface area contributed by atoms with Crippen LogP contribution < -0.4 is 5.32 Å². The van der Waals surface area contributed by atoms with Crippen LogP contribution in [0.1, 0.15) is 65.2 Å². The largest absolute Gasteiger partial charge is 0.355 e. The molecule has 4 fully saturated rings. The summed E-state index contributed by atoms with van der Waals surface area (Å²) in [5.41, 5.74) is 0.451. The van der Waals surface area contributed by atoms with E-state index in [-0.39, 0.29) is 5.41 Å². The predicted molar refractivity (Wildman–Crippen MR) is 90.4 cm³/mol. The number of carbonyl (C=O) groups is 1. The maximum atomic E-state index is 12.9. The van der Waals surface area contributed by atoms with E-state index in [1.54, 1.807) is 0 Å². The molecule has 0 aliphatic heterocycles. The van der Waals surface area contributed by atoms with Crippen LogP contribution in [0.15, 0.2) is 0 Å². The van der Waals surface area contributed by atoms with E-state index < -0.39 is 0 Å². The van der Waals surface area contributed by atoms with Gasteiger partial charge in [-0.25, -0.2) is 0 Å². The second kappa shape index (κ2) is 5.86. The minimum Gasteiger partial charge on any atom is -0.355 e. The summed E-state index contributed by atoms with van der Waals surface area (Å²) in [7, 11) is 0. The molecule has 0 spiro atoms. The van der Waals surface area contributed by atoms with E-state index in [2.05, 4.69) is 35.1 Å². The fourth-order valence-electron chi connectivity index (χ4n) is 6.02. The molecule has 0 aromatic heterocycles. The molecule has 4 saturated carbocycles. The minimum absolute atomic E-state index is 0.00841. The third-order valence-electron chi connectivity index (χ3n) is 6.48. The van der Waals surface area contributed by atoms with Crippen molar-refractivity contribution in [3.05, 3.63) is 0 Å². The summed E-state index contributed by atoms with van der Waals surface area (Å²) in [6.07, 6.45) is 9.94. The molecule has 3 atom stereocenters. The van der Waals surface area contributed by atoms with E-state index in [4.69, 9.17) is 0 Å². The number of amides is 1. The van der Waals surface area contributed by atoms with Crippen molar-refractivity contribution < 1.29 is 4.79 Å². The van der Waals surface area contributed by atoms with Crippen LogP contribution in [0.2, 0.25) is 0 Å². The highest BCUT2D eigenvalue weighted by molar-refractivity contribution is 9.09. The Labute approximate surface area is 138 Å². The summed E-state index contributed by atoms with van der Waals surface area (Å²) in [6.45, 7) is 5.53. The summed E-state index contributed by atoms with van der Waals surface area (Å²) in [6, 6.07) is 0. The SMILES string of the molecule is CCC(CCBr)CNC(=O)C12CC3CC(CC(C)(C3)C1)C2. The first-order valence-electron chi connectivity index (χ1n) is 8.83. The van der Waals surface area contributed by atoms with Crippen molar-refractivity contribution in [1.29, 1.82) is 0 Å². The molecule has 0 aromatic rings.